The molecule has 2 aromatic carbocycles. The van der Waals surface area contributed by atoms with Crippen LogP contribution in [0.1, 0.15) is 49.1 Å². The summed E-state index contributed by atoms with van der Waals surface area (Å²) >= 11 is 4.21. The molecule has 0 heterocycles. The van der Waals surface area contributed by atoms with E-state index in [9.17, 15) is 14.4 Å². The second-order valence-corrected chi connectivity index (χ2v) is 9.51. The Hall–Kier alpha value is -3.88. The Morgan fingerprint density at radius 3 is 2.11 bits per heavy atom. The number of para-hydroxylation sites is 1. The van der Waals surface area contributed by atoms with Crippen molar-refractivity contribution < 1.29 is 19.1 Å². The first-order valence-electron chi connectivity index (χ1n) is 11.2. The summed E-state index contributed by atoms with van der Waals surface area (Å²) in [6, 6.07) is 12.2. The summed E-state index contributed by atoms with van der Waals surface area (Å²) in [5, 5.41) is 5.39. The van der Waals surface area contributed by atoms with Crippen LogP contribution in [0.4, 0.5) is 10.5 Å². The minimum absolute atomic E-state index is 0.0719. The second-order valence-electron chi connectivity index (χ2n) is 9.14. The number of benzene rings is 2. The van der Waals surface area contributed by atoms with Gasteiger partial charge in [-0.1, -0.05) is 42.7 Å². The van der Waals surface area contributed by atoms with Gasteiger partial charge in [0, 0.05) is 23.0 Å². The summed E-state index contributed by atoms with van der Waals surface area (Å²) in [5.41, 5.74) is 2.60. The standard InChI is InChI=1S/C28H31N3O4S/c1-8-20-13-15-21(16-14-20)24(25(32)30-23-18(3)11-10-12-19(23)4)31(9-2)26(33)22(17-36)29-27(34)35-28(5,6)7/h1-2,10-16,22,24,36H,17H2,3-7H3,(H,29,34)(H,30,32). The Morgan fingerprint density at radius 2 is 1.64 bits per heavy atom. The molecule has 188 valence electrons. The van der Waals surface area contributed by atoms with E-state index in [2.05, 4.69) is 35.2 Å². The second kappa shape index (κ2) is 12.2. The maximum Gasteiger partial charge on any atom is 0.408 e. The normalized spacial score (nSPS) is 12.3. The van der Waals surface area contributed by atoms with Crippen molar-refractivity contribution in [2.24, 2.45) is 0 Å². The molecule has 2 N–H and O–H groups in total. The highest BCUT2D eigenvalue weighted by atomic mass is 32.1. The SMILES string of the molecule is C#Cc1ccc(C(C(=O)Nc2c(C)cccc2C)N(C#C)C(=O)C(CS)NC(=O)OC(C)(C)C)cc1. The number of hydrogen-bond donors (Lipinski definition) is 3. The van der Waals surface area contributed by atoms with Crippen LogP contribution in [0.2, 0.25) is 0 Å². The van der Waals surface area contributed by atoms with Gasteiger partial charge in [-0.05, 0) is 63.4 Å². The van der Waals surface area contributed by atoms with Crippen molar-refractivity contribution in [1.82, 2.24) is 10.2 Å². The first-order chi connectivity index (χ1) is 16.9. The largest absolute Gasteiger partial charge is 0.444 e. The minimum Gasteiger partial charge on any atom is -0.444 e. The first kappa shape index (κ1) is 28.4. The van der Waals surface area contributed by atoms with Crippen molar-refractivity contribution >= 4 is 36.2 Å². The molecule has 0 saturated carbocycles. The van der Waals surface area contributed by atoms with E-state index in [1.807, 2.05) is 32.0 Å². The molecule has 8 heteroatoms. The number of nitrogens with one attached hydrogen (secondary N) is 2. The highest BCUT2D eigenvalue weighted by molar-refractivity contribution is 7.80. The van der Waals surface area contributed by atoms with Gasteiger partial charge >= 0.3 is 6.09 Å². The number of aryl methyl sites for hydroxylation is 2. The third kappa shape index (κ3) is 7.31. The average molecular weight is 506 g/mol. The third-order valence-corrected chi connectivity index (χ3v) is 5.54. The quantitative estimate of drug-likeness (QED) is 0.299. The number of anilines is 1. The lowest BCUT2D eigenvalue weighted by Crippen LogP contribution is -2.51. The van der Waals surface area contributed by atoms with Gasteiger partial charge in [0.15, 0.2) is 0 Å². The van der Waals surface area contributed by atoms with Crippen LogP contribution in [-0.4, -0.2) is 40.2 Å². The van der Waals surface area contributed by atoms with Crippen molar-refractivity contribution in [2.45, 2.75) is 52.3 Å². The van der Waals surface area contributed by atoms with E-state index in [0.29, 0.717) is 16.8 Å². The Balaban J connectivity index is 2.47. The molecule has 0 aromatic heterocycles. The summed E-state index contributed by atoms with van der Waals surface area (Å²) in [6.45, 7) is 8.83. The number of hydrogen-bond acceptors (Lipinski definition) is 5. The molecule has 2 aromatic rings. The van der Waals surface area contributed by atoms with Crippen LogP contribution < -0.4 is 10.6 Å². The van der Waals surface area contributed by atoms with Crippen molar-refractivity contribution in [3.05, 3.63) is 64.7 Å². The molecule has 0 aliphatic carbocycles. The number of carbonyl (C=O) groups excluding carboxylic acids is 3. The number of rotatable bonds is 7. The summed E-state index contributed by atoms with van der Waals surface area (Å²) in [4.78, 5) is 40.4. The lowest BCUT2D eigenvalue weighted by molar-refractivity contribution is -0.136. The molecule has 0 fully saturated rings. The molecule has 3 amide bonds. The molecule has 2 unspecified atom stereocenters. The number of alkyl carbamates (subject to hydrolysis) is 1. The summed E-state index contributed by atoms with van der Waals surface area (Å²) in [5.74, 6) is 1.23. The molecule has 0 spiro atoms. The minimum atomic E-state index is -1.21. The molecular formula is C28H31N3O4S. The Labute approximate surface area is 218 Å². The maximum atomic E-state index is 13.6. The van der Waals surface area contributed by atoms with Crippen LogP contribution in [0.15, 0.2) is 42.5 Å². The fraction of sp³-hybridized carbons (Fsp3) is 0.321. The molecule has 36 heavy (non-hydrogen) atoms. The summed E-state index contributed by atoms with van der Waals surface area (Å²) in [6.07, 6.45) is 10.4. The average Bonchev–Trinajstić information content (AvgIpc) is 2.81. The van der Waals surface area contributed by atoms with Crippen LogP contribution in [0.5, 0.6) is 0 Å². The number of thiol groups is 1. The van der Waals surface area contributed by atoms with Crippen LogP contribution >= 0.6 is 12.6 Å². The van der Waals surface area contributed by atoms with Crippen molar-refractivity contribution in [3.8, 4) is 24.8 Å². The van der Waals surface area contributed by atoms with Crippen LogP contribution in [0.3, 0.4) is 0 Å². The van der Waals surface area contributed by atoms with E-state index in [4.69, 9.17) is 17.6 Å². The Bertz CT molecular complexity index is 1180. The van der Waals surface area contributed by atoms with E-state index in [-0.39, 0.29) is 5.75 Å². The predicted molar refractivity (Wildman–Crippen MR) is 144 cm³/mol. The fourth-order valence-electron chi connectivity index (χ4n) is 3.45. The van der Waals surface area contributed by atoms with Crippen molar-refractivity contribution in [1.29, 1.82) is 0 Å². The Kier molecular flexibility index (Phi) is 9.60. The van der Waals surface area contributed by atoms with Gasteiger partial charge in [-0.3, -0.25) is 14.5 Å². The number of carbonyl (C=O) groups is 3. The van der Waals surface area contributed by atoms with Gasteiger partial charge in [0.1, 0.15) is 17.7 Å². The van der Waals surface area contributed by atoms with Crippen LogP contribution in [-0.2, 0) is 14.3 Å². The smallest absolute Gasteiger partial charge is 0.408 e. The molecular weight excluding hydrogens is 474 g/mol. The zero-order valence-electron chi connectivity index (χ0n) is 21.1. The number of terminal acetylenes is 2. The van der Waals surface area contributed by atoms with Crippen molar-refractivity contribution in [3.63, 3.8) is 0 Å². The highest BCUT2D eigenvalue weighted by Crippen LogP contribution is 2.27. The topological polar surface area (TPSA) is 87.7 Å². The molecule has 0 aliphatic heterocycles. The zero-order chi connectivity index (χ0) is 27.0. The molecule has 2 rings (SSSR count). The van der Waals surface area contributed by atoms with Gasteiger partial charge in [-0.15, -0.1) is 6.42 Å². The van der Waals surface area contributed by atoms with Gasteiger partial charge in [-0.2, -0.15) is 12.6 Å². The van der Waals surface area contributed by atoms with Crippen molar-refractivity contribution in [2.75, 3.05) is 11.1 Å². The molecule has 0 radical (unpaired) electrons. The maximum absolute atomic E-state index is 13.6. The van der Waals surface area contributed by atoms with Gasteiger partial charge in [0.05, 0.1) is 0 Å². The van der Waals surface area contributed by atoms with Gasteiger partial charge in [0.25, 0.3) is 11.8 Å². The van der Waals surface area contributed by atoms with Gasteiger partial charge in [-0.25, -0.2) is 4.79 Å². The number of nitrogens with zero attached hydrogens (tertiary/aromatic N) is 1. The van der Waals surface area contributed by atoms with E-state index in [1.165, 1.54) is 0 Å². The highest BCUT2D eigenvalue weighted by Gasteiger charge is 2.35. The number of amides is 3. The lowest BCUT2D eigenvalue weighted by Gasteiger charge is -2.30. The molecule has 2 atom stereocenters. The van der Waals surface area contributed by atoms with E-state index in [1.54, 1.807) is 45.0 Å². The van der Waals surface area contributed by atoms with E-state index in [0.717, 1.165) is 16.0 Å². The Morgan fingerprint density at radius 1 is 1.06 bits per heavy atom. The third-order valence-electron chi connectivity index (χ3n) is 5.18. The van der Waals surface area contributed by atoms with E-state index >= 15 is 0 Å². The molecule has 7 nitrogen and oxygen atoms in total. The van der Waals surface area contributed by atoms with Gasteiger partial charge < -0.3 is 15.4 Å². The molecule has 0 aliphatic rings. The number of ether oxygens (including phenoxy) is 1. The predicted octanol–water partition coefficient (Wildman–Crippen LogP) is 4.21. The summed E-state index contributed by atoms with van der Waals surface area (Å²) < 4.78 is 5.25. The molecule has 0 bridgehead atoms. The van der Waals surface area contributed by atoms with E-state index < -0.39 is 35.6 Å². The fourth-order valence-corrected chi connectivity index (χ4v) is 3.70. The van der Waals surface area contributed by atoms with Crippen LogP contribution in [0, 0.1) is 38.7 Å². The first-order valence-corrected chi connectivity index (χ1v) is 11.9. The molecule has 0 saturated heterocycles. The zero-order valence-corrected chi connectivity index (χ0v) is 22.0. The summed E-state index contributed by atoms with van der Waals surface area (Å²) in [7, 11) is 0. The van der Waals surface area contributed by atoms with Crippen LogP contribution in [0.25, 0.3) is 0 Å². The monoisotopic (exact) mass is 505 g/mol. The lowest BCUT2D eigenvalue weighted by atomic mass is 10.0. The van der Waals surface area contributed by atoms with Gasteiger partial charge in [0.2, 0.25) is 0 Å².